The van der Waals surface area contributed by atoms with Gasteiger partial charge in [-0.25, -0.2) is 4.57 Å². The van der Waals surface area contributed by atoms with Gasteiger partial charge >= 0.3 is 7.82 Å². The number of rotatable bonds is 2. The van der Waals surface area contributed by atoms with E-state index in [1.54, 1.807) is 0 Å². The molecule has 7 heavy (non-hydrogen) atoms. The summed E-state index contributed by atoms with van der Waals surface area (Å²) in [6.07, 6.45) is 0. The lowest BCUT2D eigenvalue weighted by molar-refractivity contribution is 0.206. The summed E-state index contributed by atoms with van der Waals surface area (Å²) in [4.78, 5) is 15.8. The minimum Gasteiger partial charge on any atom is -0.303 e. The van der Waals surface area contributed by atoms with Crippen LogP contribution in [0.5, 0.6) is 0 Å². The summed E-state index contributed by atoms with van der Waals surface area (Å²) in [5.41, 5.74) is 0. The molecular formula is C2H7O4P. The van der Waals surface area contributed by atoms with Gasteiger partial charge in [0, 0.05) is 0 Å². The molecule has 0 aliphatic rings. The zero-order chi connectivity index (χ0) is 5.91. The molecule has 44 valence electrons. The molecule has 2 N–H and O–H groups in total. The van der Waals surface area contributed by atoms with Crippen LogP contribution >= 0.6 is 7.82 Å². The Bertz CT molecular complexity index is 83.7. The van der Waals surface area contributed by atoms with Crippen LogP contribution in [0.25, 0.3) is 0 Å². The molecule has 0 saturated carbocycles. The Morgan fingerprint density at radius 2 is 2.14 bits per heavy atom. The molecule has 0 heterocycles. The third-order valence-electron chi connectivity index (χ3n) is 0.297. The largest absolute Gasteiger partial charge is 0.469 e. The molecule has 0 aromatic rings. The highest BCUT2D eigenvalue weighted by molar-refractivity contribution is 7.46. The fraction of sp³-hybridized carbons (Fsp3) is 1.00. The van der Waals surface area contributed by atoms with Crippen LogP contribution in [0.15, 0.2) is 0 Å². The summed E-state index contributed by atoms with van der Waals surface area (Å²) in [5.74, 6) is 0. The van der Waals surface area contributed by atoms with Crippen LogP contribution in [0.3, 0.4) is 0 Å². The van der Waals surface area contributed by atoms with Crippen molar-refractivity contribution in [1.29, 1.82) is 0 Å². The number of phosphoric acid groups is 1. The van der Waals surface area contributed by atoms with Gasteiger partial charge in [0.05, 0.1) is 6.61 Å². The zero-order valence-corrected chi connectivity index (χ0v) is 4.76. The van der Waals surface area contributed by atoms with E-state index >= 15 is 0 Å². The normalized spacial score (nSPS) is 11.9. The predicted octanol–water partition coefficient (Wildman–Crippen LogP) is 0.116. The van der Waals surface area contributed by atoms with Crippen molar-refractivity contribution in [2.24, 2.45) is 0 Å². The lowest BCUT2D eigenvalue weighted by Crippen LogP contribution is -1.84. The van der Waals surface area contributed by atoms with Crippen LogP contribution in [0, 0.1) is 0 Å². The second kappa shape index (κ2) is 2.43. The van der Waals surface area contributed by atoms with Gasteiger partial charge in [0.15, 0.2) is 0 Å². The number of phosphoric ester groups is 1. The smallest absolute Gasteiger partial charge is 0.303 e. The molecular weight excluding hydrogens is 119 g/mol. The van der Waals surface area contributed by atoms with Crippen LogP contribution < -0.4 is 0 Å². The molecule has 0 fully saturated rings. The van der Waals surface area contributed by atoms with Crippen LogP contribution in [-0.4, -0.2) is 16.4 Å². The van der Waals surface area contributed by atoms with Crippen molar-refractivity contribution in [3.8, 4) is 0 Å². The molecule has 0 spiro atoms. The fourth-order valence-corrected chi connectivity index (χ4v) is 0.505. The number of hydrogen-bond acceptors (Lipinski definition) is 2. The van der Waals surface area contributed by atoms with Crippen molar-refractivity contribution in [3.05, 3.63) is 0 Å². The van der Waals surface area contributed by atoms with E-state index in [1.807, 2.05) is 0 Å². The van der Waals surface area contributed by atoms with Gasteiger partial charge in [0.1, 0.15) is 0 Å². The highest BCUT2D eigenvalue weighted by Crippen LogP contribution is 2.34. The van der Waals surface area contributed by atoms with Crippen molar-refractivity contribution in [3.63, 3.8) is 0 Å². The first-order chi connectivity index (χ1) is 3.06. The van der Waals surface area contributed by atoms with Crippen molar-refractivity contribution < 1.29 is 18.9 Å². The lowest BCUT2D eigenvalue weighted by Gasteiger charge is -1.98. The maximum atomic E-state index is 9.70. The van der Waals surface area contributed by atoms with Crippen LogP contribution in [0.2, 0.25) is 0 Å². The molecule has 0 aliphatic heterocycles. The van der Waals surface area contributed by atoms with Crippen LogP contribution in [0.1, 0.15) is 6.92 Å². The SMILES string of the molecule is CCOP(=O)(O)O. The van der Waals surface area contributed by atoms with Gasteiger partial charge in [-0.2, -0.15) is 0 Å². The summed E-state index contributed by atoms with van der Waals surface area (Å²) in [6, 6.07) is 0. The maximum Gasteiger partial charge on any atom is 0.469 e. The van der Waals surface area contributed by atoms with E-state index in [0.29, 0.717) is 0 Å². The average Bonchev–Trinajstić information content (AvgIpc) is 1.30. The average molecular weight is 126 g/mol. The fourth-order valence-electron chi connectivity index (χ4n) is 0.168. The first-order valence-electron chi connectivity index (χ1n) is 1.76. The summed E-state index contributed by atoms with van der Waals surface area (Å²) < 4.78 is 13.6. The van der Waals surface area contributed by atoms with Crippen LogP contribution in [-0.2, 0) is 9.09 Å². The van der Waals surface area contributed by atoms with E-state index in [9.17, 15) is 4.57 Å². The summed E-state index contributed by atoms with van der Waals surface area (Å²) in [5, 5.41) is 0. The topological polar surface area (TPSA) is 66.8 Å². The minimum atomic E-state index is -4.17. The molecule has 0 amide bonds. The highest BCUT2D eigenvalue weighted by Gasteiger charge is 2.10. The molecule has 0 aromatic heterocycles. The molecule has 0 unspecified atom stereocenters. The summed E-state index contributed by atoms with van der Waals surface area (Å²) in [7, 11) is -4.17. The molecule has 0 atom stereocenters. The molecule has 0 aromatic carbocycles. The van der Waals surface area contributed by atoms with E-state index in [-0.39, 0.29) is 6.61 Å². The summed E-state index contributed by atoms with van der Waals surface area (Å²) in [6.45, 7) is 1.56. The van der Waals surface area contributed by atoms with Gasteiger partial charge in [-0.3, -0.25) is 4.52 Å². The van der Waals surface area contributed by atoms with Gasteiger partial charge in [0.25, 0.3) is 0 Å². The first-order valence-corrected chi connectivity index (χ1v) is 3.29. The molecule has 0 radical (unpaired) electrons. The van der Waals surface area contributed by atoms with Crippen molar-refractivity contribution >= 4 is 7.82 Å². The van der Waals surface area contributed by atoms with E-state index < -0.39 is 7.82 Å². The highest BCUT2D eigenvalue weighted by atomic mass is 31.2. The van der Waals surface area contributed by atoms with Gasteiger partial charge in [-0.05, 0) is 6.92 Å². The van der Waals surface area contributed by atoms with Crippen molar-refractivity contribution in [1.82, 2.24) is 0 Å². The molecule has 4 nitrogen and oxygen atoms in total. The number of hydrogen-bond donors (Lipinski definition) is 2. The monoisotopic (exact) mass is 126 g/mol. The Kier molecular flexibility index (Phi) is 2.46. The van der Waals surface area contributed by atoms with Crippen LogP contribution in [0.4, 0.5) is 0 Å². The van der Waals surface area contributed by atoms with Gasteiger partial charge in [-0.1, -0.05) is 0 Å². The lowest BCUT2D eigenvalue weighted by atomic mass is 10.9. The molecule has 0 bridgehead atoms. The van der Waals surface area contributed by atoms with E-state index in [4.69, 9.17) is 9.79 Å². The van der Waals surface area contributed by atoms with Gasteiger partial charge in [0.2, 0.25) is 0 Å². The van der Waals surface area contributed by atoms with Crippen molar-refractivity contribution in [2.75, 3.05) is 6.61 Å². The zero-order valence-electron chi connectivity index (χ0n) is 3.87. The third-order valence-corrected chi connectivity index (χ3v) is 0.892. The van der Waals surface area contributed by atoms with E-state index in [1.165, 1.54) is 6.92 Å². The second-order valence-electron chi connectivity index (χ2n) is 0.908. The maximum absolute atomic E-state index is 9.70. The van der Waals surface area contributed by atoms with Gasteiger partial charge in [-0.15, -0.1) is 0 Å². The molecule has 0 saturated heterocycles. The van der Waals surface area contributed by atoms with Gasteiger partial charge < -0.3 is 9.79 Å². The second-order valence-corrected chi connectivity index (χ2v) is 2.15. The quantitative estimate of drug-likeness (QED) is 0.515. The standard InChI is InChI=1S/C2H7O4P/c1-2-6-7(3,4)5/h2H2,1H3,(H2,3,4,5). The van der Waals surface area contributed by atoms with E-state index in [2.05, 4.69) is 4.52 Å². The Hall–Kier alpha value is 0.110. The Morgan fingerprint density at radius 1 is 1.71 bits per heavy atom. The third kappa shape index (κ3) is 6.11. The molecule has 0 aliphatic carbocycles. The molecule has 0 rings (SSSR count). The van der Waals surface area contributed by atoms with Crippen molar-refractivity contribution in [2.45, 2.75) is 6.92 Å². The summed E-state index contributed by atoms with van der Waals surface area (Å²) >= 11 is 0. The Balaban J connectivity index is 3.36. The Morgan fingerprint density at radius 3 is 2.14 bits per heavy atom. The Labute approximate surface area is 41.4 Å². The first kappa shape index (κ1) is 7.11. The predicted molar refractivity (Wildman–Crippen MR) is 23.7 cm³/mol. The molecule has 5 heteroatoms. The minimum absolute atomic E-state index is 0.0459. The van der Waals surface area contributed by atoms with E-state index in [0.717, 1.165) is 0 Å².